The molecule has 1 aromatic rings. The number of unbranched alkanes of at least 4 members (excludes halogenated alkanes) is 3. The van der Waals surface area contributed by atoms with Crippen molar-refractivity contribution in [1.29, 1.82) is 0 Å². The molecular formula is C24H32F2O4. The molecule has 1 aliphatic rings. The summed E-state index contributed by atoms with van der Waals surface area (Å²) in [5, 5.41) is 30.7. The molecule has 3 N–H and O–H groups in total. The minimum atomic E-state index is -1.02. The largest absolute Gasteiger partial charge is 0.393 e. The standard InChI is InChI=1S/C24H32F2O4/c1-16(27)6-4-2-3-5-7-20-21(24(30)15-23(20)29)12-11-19(28)10-8-17-14-18(25)9-13-22(17)26/h9,13-14,19-21,23-24,28-30H,2-7,11-12,15H2,1H3/t19?,20-,21-,23+,24-/m1/s1. The van der Waals surface area contributed by atoms with E-state index in [-0.39, 0.29) is 29.6 Å². The molecule has 0 bridgehead atoms. The fraction of sp³-hybridized carbons (Fsp3) is 0.625. The third-order valence-electron chi connectivity index (χ3n) is 5.91. The summed E-state index contributed by atoms with van der Waals surface area (Å²) in [6.45, 7) is 1.59. The summed E-state index contributed by atoms with van der Waals surface area (Å²) in [7, 11) is 0. The molecule has 0 heterocycles. The Morgan fingerprint density at radius 1 is 1.10 bits per heavy atom. The summed E-state index contributed by atoms with van der Waals surface area (Å²) < 4.78 is 26.8. The van der Waals surface area contributed by atoms with Crippen molar-refractivity contribution in [2.75, 3.05) is 0 Å². The molecule has 4 nitrogen and oxygen atoms in total. The van der Waals surface area contributed by atoms with Gasteiger partial charge in [0.15, 0.2) is 0 Å². The van der Waals surface area contributed by atoms with E-state index in [9.17, 15) is 28.9 Å². The average molecular weight is 423 g/mol. The maximum absolute atomic E-state index is 13.6. The normalized spacial score (nSPS) is 24.3. The lowest BCUT2D eigenvalue weighted by molar-refractivity contribution is -0.117. The molecule has 1 aliphatic carbocycles. The number of Topliss-reactive ketones (excluding diaryl/α,β-unsaturated/α-hetero) is 1. The Balaban J connectivity index is 1.82. The van der Waals surface area contributed by atoms with Crippen LogP contribution < -0.4 is 0 Å². The minimum absolute atomic E-state index is 0.0337. The van der Waals surface area contributed by atoms with Gasteiger partial charge in [-0.1, -0.05) is 31.1 Å². The summed E-state index contributed by atoms with van der Waals surface area (Å²) in [4.78, 5) is 11.0. The number of aliphatic hydroxyl groups excluding tert-OH is 3. The Hall–Kier alpha value is -1.81. The van der Waals surface area contributed by atoms with Crippen molar-refractivity contribution in [3.8, 4) is 11.8 Å². The van der Waals surface area contributed by atoms with E-state index in [0.29, 0.717) is 19.3 Å². The number of carbonyl (C=O) groups is 1. The van der Waals surface area contributed by atoms with Gasteiger partial charge in [0.05, 0.1) is 17.8 Å². The van der Waals surface area contributed by atoms with E-state index < -0.39 is 29.9 Å². The van der Waals surface area contributed by atoms with Crippen LogP contribution in [-0.2, 0) is 4.79 Å². The Morgan fingerprint density at radius 3 is 2.47 bits per heavy atom. The zero-order chi connectivity index (χ0) is 22.1. The molecule has 0 aliphatic heterocycles. The molecule has 1 unspecified atom stereocenters. The number of hydrogen-bond acceptors (Lipinski definition) is 4. The van der Waals surface area contributed by atoms with Crippen molar-refractivity contribution in [3.05, 3.63) is 35.4 Å². The van der Waals surface area contributed by atoms with Crippen LogP contribution in [0.15, 0.2) is 18.2 Å². The van der Waals surface area contributed by atoms with E-state index in [0.717, 1.165) is 50.3 Å². The number of rotatable bonds is 10. The summed E-state index contributed by atoms with van der Waals surface area (Å²) >= 11 is 0. The highest BCUT2D eigenvalue weighted by Gasteiger charge is 2.40. The van der Waals surface area contributed by atoms with Crippen molar-refractivity contribution < 1.29 is 28.9 Å². The molecule has 0 radical (unpaired) electrons. The first kappa shape index (κ1) is 24.5. The molecule has 0 amide bonds. The molecule has 30 heavy (non-hydrogen) atoms. The zero-order valence-corrected chi connectivity index (χ0v) is 17.5. The first-order valence-electron chi connectivity index (χ1n) is 10.8. The first-order chi connectivity index (χ1) is 14.3. The predicted molar refractivity (Wildman–Crippen MR) is 110 cm³/mol. The third-order valence-corrected chi connectivity index (χ3v) is 5.91. The Morgan fingerprint density at radius 2 is 1.77 bits per heavy atom. The fourth-order valence-corrected chi connectivity index (χ4v) is 4.26. The van der Waals surface area contributed by atoms with Gasteiger partial charge in [-0.05, 0) is 69.1 Å². The monoisotopic (exact) mass is 422 g/mol. The van der Waals surface area contributed by atoms with Crippen molar-refractivity contribution in [1.82, 2.24) is 0 Å². The van der Waals surface area contributed by atoms with Crippen molar-refractivity contribution in [3.63, 3.8) is 0 Å². The zero-order valence-electron chi connectivity index (χ0n) is 17.5. The summed E-state index contributed by atoms with van der Waals surface area (Å²) in [5.74, 6) is 3.81. The summed E-state index contributed by atoms with van der Waals surface area (Å²) in [6.07, 6.45) is 4.05. The van der Waals surface area contributed by atoms with Crippen LogP contribution in [0.25, 0.3) is 0 Å². The molecule has 0 aromatic heterocycles. The second-order valence-corrected chi connectivity index (χ2v) is 8.34. The number of benzene rings is 1. The van der Waals surface area contributed by atoms with E-state index in [1.165, 1.54) is 0 Å². The highest BCUT2D eigenvalue weighted by Crippen LogP contribution is 2.39. The summed E-state index contributed by atoms with van der Waals surface area (Å²) in [6, 6.07) is 2.98. The number of hydrogen-bond donors (Lipinski definition) is 3. The van der Waals surface area contributed by atoms with Crippen LogP contribution in [0.2, 0.25) is 0 Å². The van der Waals surface area contributed by atoms with Gasteiger partial charge in [0.25, 0.3) is 0 Å². The lowest BCUT2D eigenvalue weighted by Gasteiger charge is -2.24. The van der Waals surface area contributed by atoms with Crippen LogP contribution >= 0.6 is 0 Å². The van der Waals surface area contributed by atoms with E-state index in [2.05, 4.69) is 11.8 Å². The predicted octanol–water partition coefficient (Wildman–Crippen LogP) is 3.74. The van der Waals surface area contributed by atoms with Gasteiger partial charge in [0, 0.05) is 6.42 Å². The second kappa shape index (κ2) is 12.1. The SMILES string of the molecule is CC(=O)CCCCCC[C@@H]1[C@@H](CCC(O)C#Cc2cc(F)ccc2F)[C@H](O)C[C@@H]1O. The Kier molecular flexibility index (Phi) is 9.90. The van der Waals surface area contributed by atoms with Crippen molar-refractivity contribution in [2.24, 2.45) is 11.8 Å². The lowest BCUT2D eigenvalue weighted by atomic mass is 9.85. The Bertz CT molecular complexity index is 755. The van der Waals surface area contributed by atoms with Crippen molar-refractivity contribution >= 4 is 5.78 Å². The maximum atomic E-state index is 13.6. The highest BCUT2D eigenvalue weighted by molar-refractivity contribution is 5.75. The van der Waals surface area contributed by atoms with Gasteiger partial charge < -0.3 is 20.1 Å². The van der Waals surface area contributed by atoms with E-state index in [1.807, 2.05) is 0 Å². The molecule has 0 saturated heterocycles. The van der Waals surface area contributed by atoms with Crippen LogP contribution in [0.5, 0.6) is 0 Å². The number of ketones is 1. The molecule has 6 heteroatoms. The second-order valence-electron chi connectivity index (χ2n) is 8.34. The quantitative estimate of drug-likeness (QED) is 0.397. The maximum Gasteiger partial charge on any atom is 0.139 e. The van der Waals surface area contributed by atoms with Crippen molar-refractivity contribution in [2.45, 2.75) is 83.0 Å². The van der Waals surface area contributed by atoms with Gasteiger partial charge in [-0.2, -0.15) is 0 Å². The van der Waals surface area contributed by atoms with Crippen LogP contribution in [0.1, 0.15) is 70.3 Å². The van der Waals surface area contributed by atoms with Gasteiger partial charge in [0.2, 0.25) is 0 Å². The van der Waals surface area contributed by atoms with E-state index in [4.69, 9.17) is 0 Å². The average Bonchev–Trinajstić information content (AvgIpc) is 2.95. The first-order valence-corrected chi connectivity index (χ1v) is 10.8. The minimum Gasteiger partial charge on any atom is -0.393 e. The number of aliphatic hydroxyl groups is 3. The molecule has 5 atom stereocenters. The molecule has 0 spiro atoms. The highest BCUT2D eigenvalue weighted by atomic mass is 19.1. The summed E-state index contributed by atoms with van der Waals surface area (Å²) in [5.41, 5.74) is -0.104. The van der Waals surface area contributed by atoms with Crippen LogP contribution in [0, 0.1) is 35.3 Å². The van der Waals surface area contributed by atoms with Crippen LogP contribution in [-0.4, -0.2) is 39.4 Å². The number of carbonyl (C=O) groups excluding carboxylic acids is 1. The smallest absolute Gasteiger partial charge is 0.139 e. The van der Waals surface area contributed by atoms with Gasteiger partial charge in [0.1, 0.15) is 23.5 Å². The molecule has 1 saturated carbocycles. The van der Waals surface area contributed by atoms with Gasteiger partial charge in [-0.3, -0.25) is 0 Å². The van der Waals surface area contributed by atoms with Gasteiger partial charge in [-0.25, -0.2) is 8.78 Å². The molecule has 1 aromatic carbocycles. The number of halogens is 2. The topological polar surface area (TPSA) is 77.8 Å². The van der Waals surface area contributed by atoms with Gasteiger partial charge >= 0.3 is 0 Å². The lowest BCUT2D eigenvalue weighted by Crippen LogP contribution is -2.23. The molecule has 1 fully saturated rings. The molecule has 166 valence electrons. The van der Waals surface area contributed by atoms with Crippen LogP contribution in [0.4, 0.5) is 8.78 Å². The van der Waals surface area contributed by atoms with E-state index in [1.54, 1.807) is 6.92 Å². The third kappa shape index (κ3) is 7.79. The fourth-order valence-electron chi connectivity index (χ4n) is 4.26. The molecular weight excluding hydrogens is 390 g/mol. The van der Waals surface area contributed by atoms with E-state index >= 15 is 0 Å². The Labute approximate surface area is 177 Å². The van der Waals surface area contributed by atoms with Gasteiger partial charge in [-0.15, -0.1) is 0 Å². The van der Waals surface area contributed by atoms with Crippen LogP contribution in [0.3, 0.4) is 0 Å². The molecule has 2 rings (SSSR count).